The van der Waals surface area contributed by atoms with Gasteiger partial charge in [-0.05, 0) is 31.5 Å². The van der Waals surface area contributed by atoms with Gasteiger partial charge in [-0.1, -0.05) is 54.1 Å². The van der Waals surface area contributed by atoms with Gasteiger partial charge in [0.1, 0.15) is 0 Å². The van der Waals surface area contributed by atoms with Crippen LogP contribution in [0.25, 0.3) is 0 Å². The van der Waals surface area contributed by atoms with E-state index in [1.54, 1.807) is 35.6 Å². The average Bonchev–Trinajstić information content (AvgIpc) is 2.67. The molecule has 0 saturated carbocycles. The Kier molecular flexibility index (Phi) is 7.26. The van der Waals surface area contributed by atoms with Crippen molar-refractivity contribution in [2.45, 2.75) is 31.7 Å². The van der Waals surface area contributed by atoms with Gasteiger partial charge in [-0.3, -0.25) is 10.1 Å². The summed E-state index contributed by atoms with van der Waals surface area (Å²) in [6.45, 7) is 2.51. The number of rotatable bonds is 7. The third-order valence-electron chi connectivity index (χ3n) is 4.16. The van der Waals surface area contributed by atoms with Crippen LogP contribution in [-0.4, -0.2) is 30.3 Å². The van der Waals surface area contributed by atoms with E-state index in [1.807, 2.05) is 0 Å². The Bertz CT molecular complexity index is 862. The second-order valence-electron chi connectivity index (χ2n) is 6.18. The van der Waals surface area contributed by atoms with Crippen molar-refractivity contribution in [1.29, 1.82) is 0 Å². The SMILES string of the molecule is CCOC(=O)[C@@](NC(=O)c1ccccc1Cl)(N[C@H](C)c1ccccc1)C(F)(F)F. The monoisotopic (exact) mass is 428 g/mol. The first-order valence-corrected chi connectivity index (χ1v) is 9.13. The number of halogens is 4. The molecule has 2 atom stereocenters. The van der Waals surface area contributed by atoms with Crippen LogP contribution in [0.4, 0.5) is 13.2 Å². The fourth-order valence-electron chi connectivity index (χ4n) is 2.69. The number of benzene rings is 2. The highest BCUT2D eigenvalue weighted by atomic mass is 35.5. The summed E-state index contributed by atoms with van der Waals surface area (Å²) < 4.78 is 47.2. The van der Waals surface area contributed by atoms with E-state index in [0.29, 0.717) is 5.56 Å². The van der Waals surface area contributed by atoms with Gasteiger partial charge in [-0.25, -0.2) is 4.79 Å². The third-order valence-corrected chi connectivity index (χ3v) is 4.49. The Morgan fingerprint density at radius 3 is 2.21 bits per heavy atom. The first-order valence-electron chi connectivity index (χ1n) is 8.76. The minimum atomic E-state index is -5.21. The van der Waals surface area contributed by atoms with Gasteiger partial charge in [0.2, 0.25) is 0 Å². The van der Waals surface area contributed by atoms with E-state index in [1.165, 1.54) is 38.1 Å². The van der Waals surface area contributed by atoms with E-state index in [2.05, 4.69) is 10.1 Å². The van der Waals surface area contributed by atoms with E-state index in [4.69, 9.17) is 11.6 Å². The lowest BCUT2D eigenvalue weighted by atomic mass is 10.0. The molecular weight excluding hydrogens is 409 g/mol. The molecule has 2 aromatic rings. The molecule has 29 heavy (non-hydrogen) atoms. The average molecular weight is 429 g/mol. The molecule has 0 aliphatic heterocycles. The van der Waals surface area contributed by atoms with Gasteiger partial charge in [0, 0.05) is 6.04 Å². The van der Waals surface area contributed by atoms with E-state index in [9.17, 15) is 22.8 Å². The molecule has 0 aliphatic rings. The fraction of sp³-hybridized carbons (Fsp3) is 0.300. The largest absolute Gasteiger partial charge is 0.463 e. The van der Waals surface area contributed by atoms with Crippen LogP contribution in [0.15, 0.2) is 54.6 Å². The number of hydrogen-bond acceptors (Lipinski definition) is 4. The van der Waals surface area contributed by atoms with Crippen LogP contribution in [0, 0.1) is 0 Å². The van der Waals surface area contributed by atoms with E-state index >= 15 is 0 Å². The number of nitrogens with one attached hydrogen (secondary N) is 2. The number of amides is 1. The summed E-state index contributed by atoms with van der Waals surface area (Å²) in [6, 6.07) is 12.8. The number of hydrogen-bond donors (Lipinski definition) is 2. The summed E-state index contributed by atoms with van der Waals surface area (Å²) in [5.41, 5.74) is -3.20. The highest BCUT2D eigenvalue weighted by Gasteiger charge is 2.63. The van der Waals surface area contributed by atoms with Crippen LogP contribution in [0.5, 0.6) is 0 Å². The van der Waals surface area contributed by atoms with E-state index in [-0.39, 0.29) is 17.2 Å². The van der Waals surface area contributed by atoms with Gasteiger partial charge >= 0.3 is 12.1 Å². The molecule has 0 radical (unpaired) electrons. The molecule has 0 heterocycles. The molecule has 0 aromatic heterocycles. The molecule has 156 valence electrons. The van der Waals surface area contributed by atoms with Crippen LogP contribution in [0.2, 0.25) is 5.02 Å². The molecule has 0 spiro atoms. The third kappa shape index (κ3) is 5.07. The zero-order valence-electron chi connectivity index (χ0n) is 15.7. The van der Waals surface area contributed by atoms with Crippen molar-refractivity contribution in [2.24, 2.45) is 0 Å². The van der Waals surface area contributed by atoms with E-state index in [0.717, 1.165) is 0 Å². The molecule has 0 saturated heterocycles. The smallest absolute Gasteiger partial charge is 0.436 e. The maximum Gasteiger partial charge on any atom is 0.436 e. The van der Waals surface area contributed by atoms with Crippen molar-refractivity contribution in [3.05, 3.63) is 70.7 Å². The Morgan fingerprint density at radius 2 is 1.66 bits per heavy atom. The maximum atomic E-state index is 14.2. The highest BCUT2D eigenvalue weighted by Crippen LogP contribution is 2.33. The number of carbonyl (C=O) groups is 2. The standard InChI is InChI=1S/C20H20ClF3N2O3/c1-3-29-18(28)19(20(22,23)24,25-13(2)14-9-5-4-6-10-14)26-17(27)15-11-7-8-12-16(15)21/h4-13,25H,3H2,1-2H3,(H,26,27)/t13-,19+/m1/s1. The molecule has 2 rings (SSSR count). The molecule has 2 N–H and O–H groups in total. The van der Waals surface area contributed by atoms with Gasteiger partial charge in [0.15, 0.2) is 0 Å². The molecule has 2 aromatic carbocycles. The van der Waals surface area contributed by atoms with Gasteiger partial charge in [-0.15, -0.1) is 0 Å². The molecule has 1 amide bonds. The van der Waals surface area contributed by atoms with Crippen molar-refractivity contribution in [1.82, 2.24) is 10.6 Å². The first kappa shape index (κ1) is 22.7. The Morgan fingerprint density at radius 1 is 1.07 bits per heavy atom. The first-order chi connectivity index (χ1) is 13.6. The second kappa shape index (κ2) is 9.28. The number of alkyl halides is 3. The second-order valence-corrected chi connectivity index (χ2v) is 6.59. The van der Waals surface area contributed by atoms with Crippen molar-refractivity contribution in [2.75, 3.05) is 6.61 Å². The molecule has 0 fully saturated rings. The minimum Gasteiger partial charge on any atom is -0.463 e. The van der Waals surface area contributed by atoms with Gasteiger partial charge in [0.25, 0.3) is 11.6 Å². The predicted molar refractivity (Wildman–Crippen MR) is 102 cm³/mol. The van der Waals surface area contributed by atoms with Crippen molar-refractivity contribution in [3.63, 3.8) is 0 Å². The van der Waals surface area contributed by atoms with Gasteiger partial charge in [0.05, 0.1) is 17.2 Å². The van der Waals surface area contributed by atoms with Crippen LogP contribution >= 0.6 is 11.6 Å². The maximum absolute atomic E-state index is 14.2. The van der Waals surface area contributed by atoms with Crippen LogP contribution in [0.1, 0.15) is 35.8 Å². The summed E-state index contributed by atoms with van der Waals surface area (Å²) in [5.74, 6) is -2.84. The Labute approximate surface area is 171 Å². The lowest BCUT2D eigenvalue weighted by Crippen LogP contribution is -2.73. The lowest BCUT2D eigenvalue weighted by molar-refractivity contribution is -0.220. The minimum absolute atomic E-state index is 0.0546. The normalized spacial score (nSPS) is 14.6. The van der Waals surface area contributed by atoms with Gasteiger partial charge in [-0.2, -0.15) is 13.2 Å². The summed E-state index contributed by atoms with van der Waals surface area (Å²) in [6.07, 6.45) is -5.21. The van der Waals surface area contributed by atoms with Crippen LogP contribution in [0.3, 0.4) is 0 Å². The van der Waals surface area contributed by atoms with Crippen LogP contribution < -0.4 is 10.6 Å². The van der Waals surface area contributed by atoms with Crippen LogP contribution in [-0.2, 0) is 9.53 Å². The fourth-order valence-corrected chi connectivity index (χ4v) is 2.91. The van der Waals surface area contributed by atoms with Crippen molar-refractivity contribution < 1.29 is 27.5 Å². The quantitative estimate of drug-likeness (QED) is 0.511. The summed E-state index contributed by atoms with van der Waals surface area (Å²) >= 11 is 5.93. The molecule has 5 nitrogen and oxygen atoms in total. The number of ether oxygens (including phenoxy) is 1. The molecule has 0 bridgehead atoms. The molecule has 9 heteroatoms. The van der Waals surface area contributed by atoms with E-state index < -0.39 is 29.8 Å². The van der Waals surface area contributed by atoms with Crippen molar-refractivity contribution >= 4 is 23.5 Å². The molecular formula is C20H20ClF3N2O3. The summed E-state index contributed by atoms with van der Waals surface area (Å²) in [4.78, 5) is 25.1. The summed E-state index contributed by atoms with van der Waals surface area (Å²) in [7, 11) is 0. The Balaban J connectivity index is 2.49. The Hall–Kier alpha value is -2.58. The number of carbonyl (C=O) groups excluding carboxylic acids is 2. The highest BCUT2D eigenvalue weighted by molar-refractivity contribution is 6.33. The predicted octanol–water partition coefficient (Wildman–Crippen LogP) is 4.24. The number of esters is 1. The molecule has 0 aliphatic carbocycles. The zero-order chi connectivity index (χ0) is 21.7. The van der Waals surface area contributed by atoms with Gasteiger partial charge < -0.3 is 10.1 Å². The topological polar surface area (TPSA) is 67.4 Å². The summed E-state index contributed by atoms with van der Waals surface area (Å²) in [5, 5.41) is 3.94. The molecule has 0 unspecified atom stereocenters. The zero-order valence-corrected chi connectivity index (χ0v) is 16.5. The lowest BCUT2D eigenvalue weighted by Gasteiger charge is -2.37. The van der Waals surface area contributed by atoms with Crippen molar-refractivity contribution in [3.8, 4) is 0 Å².